The number of fused-ring (bicyclic) bond motifs is 1. The van der Waals surface area contributed by atoms with Crippen molar-refractivity contribution in [2.24, 2.45) is 0 Å². The molecule has 0 bridgehead atoms. The summed E-state index contributed by atoms with van der Waals surface area (Å²) < 4.78 is 22.6. The third-order valence-corrected chi connectivity index (χ3v) is 4.71. The van der Waals surface area contributed by atoms with Gasteiger partial charge in [-0.1, -0.05) is 42.4 Å². The zero-order valence-electron chi connectivity index (χ0n) is 19.3. The first-order valence-electron chi connectivity index (χ1n) is 10.8. The SMILES string of the molecule is CC/C=C/CCOc1c(OC)c(=O)oc2c(OC/C=C(\C)CCC=C(C)C)cccc12. The maximum atomic E-state index is 12.5. The lowest BCUT2D eigenvalue weighted by atomic mass is 10.1. The van der Waals surface area contributed by atoms with Gasteiger partial charge >= 0.3 is 5.63 Å². The number of methoxy groups -OCH3 is 1. The summed E-state index contributed by atoms with van der Waals surface area (Å²) in [5.74, 6) is 0.956. The highest BCUT2D eigenvalue weighted by Crippen LogP contribution is 2.36. The van der Waals surface area contributed by atoms with Crippen molar-refractivity contribution in [1.82, 2.24) is 0 Å². The van der Waals surface area contributed by atoms with E-state index in [-0.39, 0.29) is 5.75 Å². The van der Waals surface area contributed by atoms with Crippen LogP contribution in [-0.4, -0.2) is 20.3 Å². The molecule has 0 fully saturated rings. The standard InChI is InChI=1S/C26H34O5/c1-6-7-8-9-17-30-24-21-14-11-15-22(23(21)31-26(27)25(24)28-5)29-18-16-20(4)13-10-12-19(2)3/h7-8,11-12,14-16H,6,9-10,13,17-18H2,1-5H3/b8-7+,20-16+. The molecule has 5 heteroatoms. The molecule has 168 valence electrons. The molecule has 0 atom stereocenters. The van der Waals surface area contributed by atoms with Crippen molar-refractivity contribution in [2.45, 2.75) is 53.4 Å². The van der Waals surface area contributed by atoms with E-state index in [1.807, 2.05) is 12.1 Å². The fraction of sp³-hybridized carbons (Fsp3) is 0.423. The molecule has 31 heavy (non-hydrogen) atoms. The highest BCUT2D eigenvalue weighted by Gasteiger charge is 2.19. The molecule has 0 aliphatic rings. The molecule has 2 aromatic rings. The van der Waals surface area contributed by atoms with Crippen LogP contribution in [-0.2, 0) is 0 Å². The number of para-hydroxylation sites is 1. The molecular formula is C26H34O5. The number of rotatable bonds is 12. The van der Waals surface area contributed by atoms with Crippen LogP contribution in [0.4, 0.5) is 0 Å². The van der Waals surface area contributed by atoms with Crippen LogP contribution in [0.2, 0.25) is 0 Å². The van der Waals surface area contributed by atoms with E-state index in [0.29, 0.717) is 35.7 Å². The maximum Gasteiger partial charge on any atom is 0.383 e. The molecule has 0 aliphatic carbocycles. The van der Waals surface area contributed by atoms with Gasteiger partial charge in [0.2, 0.25) is 5.75 Å². The third-order valence-electron chi connectivity index (χ3n) is 4.71. The summed E-state index contributed by atoms with van der Waals surface area (Å²) in [5, 5.41) is 0.651. The van der Waals surface area contributed by atoms with Crippen molar-refractivity contribution in [3.8, 4) is 17.2 Å². The first kappa shape index (κ1) is 24.3. The topological polar surface area (TPSA) is 57.9 Å². The van der Waals surface area contributed by atoms with Gasteiger partial charge in [-0.3, -0.25) is 0 Å². The molecule has 5 nitrogen and oxygen atoms in total. The fourth-order valence-corrected chi connectivity index (χ4v) is 3.06. The number of hydrogen-bond acceptors (Lipinski definition) is 5. The Morgan fingerprint density at radius 3 is 2.55 bits per heavy atom. The van der Waals surface area contributed by atoms with E-state index in [9.17, 15) is 4.79 Å². The summed E-state index contributed by atoms with van der Waals surface area (Å²) in [6, 6.07) is 5.48. The third kappa shape index (κ3) is 7.35. The van der Waals surface area contributed by atoms with E-state index in [1.54, 1.807) is 6.07 Å². The van der Waals surface area contributed by atoms with Crippen LogP contribution in [0.25, 0.3) is 11.0 Å². The van der Waals surface area contributed by atoms with Crippen LogP contribution < -0.4 is 19.8 Å². The van der Waals surface area contributed by atoms with Gasteiger partial charge in [-0.25, -0.2) is 4.79 Å². The van der Waals surface area contributed by atoms with Crippen molar-refractivity contribution in [3.05, 3.63) is 64.1 Å². The van der Waals surface area contributed by atoms with E-state index < -0.39 is 5.63 Å². The van der Waals surface area contributed by atoms with Gasteiger partial charge in [-0.15, -0.1) is 0 Å². The van der Waals surface area contributed by atoms with Crippen molar-refractivity contribution in [1.29, 1.82) is 0 Å². The molecule has 1 aromatic carbocycles. The van der Waals surface area contributed by atoms with Crippen LogP contribution in [0.15, 0.2) is 62.9 Å². The lowest BCUT2D eigenvalue weighted by Gasteiger charge is -2.13. The van der Waals surface area contributed by atoms with Gasteiger partial charge in [0.15, 0.2) is 17.1 Å². The van der Waals surface area contributed by atoms with Gasteiger partial charge in [0.05, 0.1) is 19.1 Å². The fourth-order valence-electron chi connectivity index (χ4n) is 3.06. The Hall–Kier alpha value is -2.95. The second-order valence-corrected chi connectivity index (χ2v) is 7.58. The minimum absolute atomic E-state index is 0.0686. The summed E-state index contributed by atoms with van der Waals surface area (Å²) in [6.45, 7) is 9.21. The van der Waals surface area contributed by atoms with E-state index in [1.165, 1.54) is 18.3 Å². The maximum absolute atomic E-state index is 12.5. The molecule has 2 rings (SSSR count). The zero-order chi connectivity index (χ0) is 22.6. The van der Waals surface area contributed by atoms with Crippen LogP contribution in [0.3, 0.4) is 0 Å². The molecule has 1 aromatic heterocycles. The quantitative estimate of drug-likeness (QED) is 0.217. The second-order valence-electron chi connectivity index (χ2n) is 7.58. The molecule has 1 heterocycles. The molecule has 0 saturated heterocycles. The molecule has 0 saturated carbocycles. The predicted octanol–water partition coefficient (Wildman–Crippen LogP) is 6.61. The number of hydrogen-bond donors (Lipinski definition) is 0. The van der Waals surface area contributed by atoms with Crippen LogP contribution >= 0.6 is 0 Å². The van der Waals surface area contributed by atoms with E-state index in [4.69, 9.17) is 18.6 Å². The van der Waals surface area contributed by atoms with Gasteiger partial charge in [-0.05, 0) is 64.7 Å². The molecular weight excluding hydrogens is 392 g/mol. The van der Waals surface area contributed by atoms with E-state index in [2.05, 4.69) is 52.0 Å². The Bertz CT molecular complexity index is 991. The summed E-state index contributed by atoms with van der Waals surface area (Å²) in [4.78, 5) is 12.5. The number of benzene rings is 1. The highest BCUT2D eigenvalue weighted by atomic mass is 16.5. The Morgan fingerprint density at radius 2 is 1.84 bits per heavy atom. The molecule has 0 spiro atoms. The van der Waals surface area contributed by atoms with Gasteiger partial charge in [0.25, 0.3) is 0 Å². The summed E-state index contributed by atoms with van der Waals surface area (Å²) in [7, 11) is 1.44. The summed E-state index contributed by atoms with van der Waals surface area (Å²) in [5.41, 5.74) is 2.36. The monoisotopic (exact) mass is 426 g/mol. The lowest BCUT2D eigenvalue weighted by molar-refractivity contribution is 0.292. The summed E-state index contributed by atoms with van der Waals surface area (Å²) in [6.07, 6.45) is 12.1. The molecule has 0 N–H and O–H groups in total. The highest BCUT2D eigenvalue weighted by molar-refractivity contribution is 5.89. The number of allylic oxidation sites excluding steroid dienone is 4. The Kier molecular flexibility index (Phi) is 9.95. The average molecular weight is 427 g/mol. The number of ether oxygens (including phenoxy) is 3. The largest absolute Gasteiger partial charge is 0.488 e. The Labute approximate surface area is 185 Å². The average Bonchev–Trinajstić information content (AvgIpc) is 2.73. The predicted molar refractivity (Wildman–Crippen MR) is 126 cm³/mol. The van der Waals surface area contributed by atoms with Crippen molar-refractivity contribution >= 4 is 11.0 Å². The molecule has 0 radical (unpaired) electrons. The van der Waals surface area contributed by atoms with Crippen LogP contribution in [0.5, 0.6) is 17.2 Å². The van der Waals surface area contributed by atoms with Crippen molar-refractivity contribution < 1.29 is 18.6 Å². The molecule has 0 aliphatic heterocycles. The lowest BCUT2D eigenvalue weighted by Crippen LogP contribution is -2.09. The van der Waals surface area contributed by atoms with Gasteiger partial charge in [-0.2, -0.15) is 0 Å². The zero-order valence-corrected chi connectivity index (χ0v) is 19.3. The smallest absolute Gasteiger partial charge is 0.383 e. The van der Waals surface area contributed by atoms with E-state index in [0.717, 1.165) is 25.7 Å². The van der Waals surface area contributed by atoms with Gasteiger partial charge < -0.3 is 18.6 Å². The second kappa shape index (κ2) is 12.7. The van der Waals surface area contributed by atoms with Crippen LogP contribution in [0.1, 0.15) is 53.4 Å². The molecule has 0 amide bonds. The normalized spacial score (nSPS) is 11.7. The van der Waals surface area contributed by atoms with Gasteiger partial charge in [0, 0.05) is 0 Å². The Balaban J connectivity index is 2.22. The summed E-state index contributed by atoms with van der Waals surface area (Å²) >= 11 is 0. The minimum atomic E-state index is -0.585. The van der Waals surface area contributed by atoms with Crippen LogP contribution in [0, 0.1) is 0 Å². The molecule has 0 unspecified atom stereocenters. The van der Waals surface area contributed by atoms with Crippen molar-refractivity contribution in [2.75, 3.05) is 20.3 Å². The minimum Gasteiger partial charge on any atom is -0.488 e. The first-order valence-corrected chi connectivity index (χ1v) is 10.8. The first-order chi connectivity index (χ1) is 15.0. The van der Waals surface area contributed by atoms with Gasteiger partial charge in [0.1, 0.15) is 6.61 Å². The Morgan fingerprint density at radius 1 is 1.03 bits per heavy atom. The van der Waals surface area contributed by atoms with Crippen molar-refractivity contribution in [3.63, 3.8) is 0 Å². The van der Waals surface area contributed by atoms with E-state index >= 15 is 0 Å².